The van der Waals surface area contributed by atoms with Crippen molar-refractivity contribution >= 4 is 44.1 Å². The minimum absolute atomic E-state index is 0.369. The van der Waals surface area contributed by atoms with Gasteiger partial charge in [0, 0.05) is 16.2 Å². The first kappa shape index (κ1) is 41.7. The zero-order chi connectivity index (χ0) is 37.4. The molecule has 0 atom stereocenters. The molecule has 0 N–H and O–H groups in total. The summed E-state index contributed by atoms with van der Waals surface area (Å²) in [5.74, 6) is 1.77. The normalized spacial score (nSPS) is 12.1. The second-order valence-corrected chi connectivity index (χ2v) is 23.4. The quantitative estimate of drug-likeness (QED) is 0.0408. The molecular weight excluding hydrogens is 673 g/mol. The van der Waals surface area contributed by atoms with Crippen LogP contribution >= 0.6 is 0 Å². The Hall–Kier alpha value is -3.10. The number of fused-ring (bicyclic) bond motifs is 2. The number of unbranched alkanes of at least 4 members (excludes halogenated alkanes) is 6. The van der Waals surface area contributed by atoms with Gasteiger partial charge >= 0.3 is 5.97 Å². The van der Waals surface area contributed by atoms with Gasteiger partial charge in [-0.1, -0.05) is 173 Å². The van der Waals surface area contributed by atoms with Crippen LogP contribution in [0.5, 0.6) is 17.2 Å². The van der Waals surface area contributed by atoms with Crippen molar-refractivity contribution in [2.45, 2.75) is 162 Å². The van der Waals surface area contributed by atoms with E-state index in [0.29, 0.717) is 17.1 Å². The van der Waals surface area contributed by atoms with Gasteiger partial charge in [0.1, 0.15) is 22.8 Å². The van der Waals surface area contributed by atoms with Gasteiger partial charge in [0.2, 0.25) is 0 Å². The van der Waals surface area contributed by atoms with Gasteiger partial charge < -0.3 is 13.6 Å². The lowest BCUT2D eigenvalue weighted by molar-refractivity contribution is 0.0735. The molecule has 0 bridgehead atoms. The Kier molecular flexibility index (Phi) is 16.8. The highest BCUT2D eigenvalue weighted by Crippen LogP contribution is 2.45. The van der Waals surface area contributed by atoms with Crippen LogP contribution in [0.15, 0.2) is 66.7 Å². The molecule has 0 unspecified atom stereocenters. The van der Waals surface area contributed by atoms with Gasteiger partial charge in [-0.25, -0.2) is 4.79 Å². The van der Waals surface area contributed by atoms with Gasteiger partial charge in [0.05, 0.1) is 0 Å². The fraction of sp³-hybridized carbons (Fsp3) is 0.543. The standard InChI is InChI=1S/C46H68O4Si2/c1-8-14-30-51(31-15-9-2,32-16-10-3)49-43-36-41(46(47)48-42-29-23-26-38-25-20-21-27-39(38)42)45(40-28-22-24-37(7)44(40)43)50-52(33-17-11-4,34-18-12-5)35-19-13-6/h20-29,36H,8-19,30-35H2,1-7H3. The second-order valence-electron chi connectivity index (χ2n) is 15.3. The average molecular weight is 741 g/mol. The van der Waals surface area contributed by atoms with Gasteiger partial charge in [0.25, 0.3) is 16.6 Å². The third-order valence-corrected chi connectivity index (χ3v) is 19.9. The number of carbonyl (C=O) groups excluding carboxylic acids is 1. The maximum Gasteiger partial charge on any atom is 0.347 e. The first-order valence-corrected chi connectivity index (χ1v) is 26.0. The van der Waals surface area contributed by atoms with Crippen LogP contribution in [-0.2, 0) is 0 Å². The summed E-state index contributed by atoms with van der Waals surface area (Å²) < 4.78 is 21.6. The molecule has 0 saturated carbocycles. The molecule has 0 aliphatic heterocycles. The third kappa shape index (κ3) is 10.7. The van der Waals surface area contributed by atoms with E-state index < -0.39 is 16.6 Å². The number of ether oxygens (including phenoxy) is 1. The van der Waals surface area contributed by atoms with E-state index in [1.54, 1.807) is 0 Å². The molecule has 0 amide bonds. The molecule has 52 heavy (non-hydrogen) atoms. The van der Waals surface area contributed by atoms with Crippen molar-refractivity contribution in [2.24, 2.45) is 0 Å². The van der Waals surface area contributed by atoms with E-state index >= 15 is 0 Å². The average Bonchev–Trinajstić information content (AvgIpc) is 3.16. The fourth-order valence-electron chi connectivity index (χ4n) is 7.88. The monoisotopic (exact) mass is 740 g/mol. The van der Waals surface area contributed by atoms with Crippen LogP contribution < -0.4 is 13.6 Å². The van der Waals surface area contributed by atoms with Gasteiger partial charge in [0.15, 0.2) is 0 Å². The van der Waals surface area contributed by atoms with Gasteiger partial charge in [-0.15, -0.1) is 0 Å². The minimum Gasteiger partial charge on any atom is -0.543 e. The topological polar surface area (TPSA) is 44.8 Å². The number of benzene rings is 4. The summed E-state index contributed by atoms with van der Waals surface area (Å²) in [6.45, 7) is 15.9. The molecule has 0 aromatic heterocycles. The lowest BCUT2D eigenvalue weighted by atomic mass is 10.0. The van der Waals surface area contributed by atoms with Gasteiger partial charge in [-0.05, 0) is 66.3 Å². The molecule has 4 aromatic rings. The van der Waals surface area contributed by atoms with E-state index in [2.05, 4.69) is 78.8 Å². The zero-order valence-corrected chi connectivity index (χ0v) is 35.7. The van der Waals surface area contributed by atoms with Crippen LogP contribution in [-0.4, -0.2) is 22.6 Å². The number of esters is 1. The van der Waals surface area contributed by atoms with Crippen LogP contribution in [0.4, 0.5) is 0 Å². The number of carbonyl (C=O) groups is 1. The van der Waals surface area contributed by atoms with E-state index in [1.807, 2.05) is 36.4 Å². The van der Waals surface area contributed by atoms with Crippen molar-refractivity contribution in [2.75, 3.05) is 0 Å². The van der Waals surface area contributed by atoms with Crippen LogP contribution in [0.3, 0.4) is 0 Å². The fourth-order valence-corrected chi connectivity index (χ4v) is 17.3. The molecule has 4 rings (SSSR count). The molecular formula is C46H68O4Si2. The summed E-state index contributed by atoms with van der Waals surface area (Å²) in [7, 11) is -4.51. The number of hydrogen-bond donors (Lipinski definition) is 0. The molecule has 0 saturated heterocycles. The maximum absolute atomic E-state index is 14.8. The lowest BCUT2D eigenvalue weighted by Gasteiger charge is -2.36. The molecule has 4 aromatic carbocycles. The van der Waals surface area contributed by atoms with Crippen molar-refractivity contribution in [3.8, 4) is 17.2 Å². The number of aryl methyl sites for hydroxylation is 1. The Morgan fingerprint density at radius 1 is 0.538 bits per heavy atom. The Morgan fingerprint density at radius 3 is 1.54 bits per heavy atom. The van der Waals surface area contributed by atoms with Crippen molar-refractivity contribution in [3.63, 3.8) is 0 Å². The minimum atomic E-state index is -2.30. The Bertz CT molecular complexity index is 1650. The van der Waals surface area contributed by atoms with Crippen LogP contribution in [0.1, 0.15) is 135 Å². The van der Waals surface area contributed by atoms with Crippen molar-refractivity contribution in [3.05, 3.63) is 77.9 Å². The van der Waals surface area contributed by atoms with Crippen molar-refractivity contribution in [1.29, 1.82) is 0 Å². The highest BCUT2D eigenvalue weighted by molar-refractivity contribution is 6.75. The molecule has 0 aliphatic rings. The molecule has 0 aliphatic carbocycles. The molecule has 0 heterocycles. The molecule has 4 nitrogen and oxygen atoms in total. The zero-order valence-electron chi connectivity index (χ0n) is 33.7. The highest BCUT2D eigenvalue weighted by atomic mass is 28.4. The second kappa shape index (κ2) is 21.0. The van der Waals surface area contributed by atoms with E-state index in [9.17, 15) is 4.79 Å². The summed E-state index contributed by atoms with van der Waals surface area (Å²) in [4.78, 5) is 14.8. The summed E-state index contributed by atoms with van der Waals surface area (Å²) in [6.07, 6.45) is 13.9. The van der Waals surface area contributed by atoms with Crippen molar-refractivity contribution < 1.29 is 18.4 Å². The Morgan fingerprint density at radius 2 is 1.00 bits per heavy atom. The predicted molar refractivity (Wildman–Crippen MR) is 229 cm³/mol. The molecule has 0 radical (unpaired) electrons. The first-order valence-electron chi connectivity index (χ1n) is 20.9. The predicted octanol–water partition coefficient (Wildman–Crippen LogP) is 15.0. The highest BCUT2D eigenvalue weighted by Gasteiger charge is 2.39. The van der Waals surface area contributed by atoms with E-state index in [1.165, 1.54) is 24.8 Å². The van der Waals surface area contributed by atoms with E-state index in [4.69, 9.17) is 13.6 Å². The van der Waals surface area contributed by atoms with Gasteiger partial charge in [-0.3, -0.25) is 0 Å². The smallest absolute Gasteiger partial charge is 0.347 e. The number of rotatable bonds is 24. The van der Waals surface area contributed by atoms with E-state index in [-0.39, 0.29) is 5.97 Å². The molecule has 6 heteroatoms. The molecule has 0 fully saturated rings. The van der Waals surface area contributed by atoms with Gasteiger partial charge in [-0.2, -0.15) is 0 Å². The molecule has 284 valence electrons. The summed E-state index contributed by atoms with van der Waals surface area (Å²) in [5, 5.41) is 4.07. The van der Waals surface area contributed by atoms with E-state index in [0.717, 1.165) is 121 Å². The van der Waals surface area contributed by atoms with Crippen LogP contribution in [0, 0.1) is 6.92 Å². The molecule has 0 spiro atoms. The first-order chi connectivity index (χ1) is 25.3. The summed E-state index contributed by atoms with van der Waals surface area (Å²) >= 11 is 0. The Labute approximate surface area is 318 Å². The largest absolute Gasteiger partial charge is 0.543 e. The Balaban J connectivity index is 2.00. The van der Waals surface area contributed by atoms with Crippen LogP contribution in [0.2, 0.25) is 36.3 Å². The SMILES string of the molecule is CCCC[Si](CCCC)(CCCC)Oc1c(C(=O)Oc2cccc3ccccc23)cc(O[Si](CCCC)(CCCC)CCCC)c2c(C)cccc12. The third-order valence-electron chi connectivity index (χ3n) is 11.0. The summed E-state index contributed by atoms with van der Waals surface area (Å²) in [6, 6.07) is 29.3. The van der Waals surface area contributed by atoms with Crippen LogP contribution in [0.25, 0.3) is 21.5 Å². The van der Waals surface area contributed by atoms with Crippen molar-refractivity contribution in [1.82, 2.24) is 0 Å². The summed E-state index contributed by atoms with van der Waals surface area (Å²) in [5.41, 5.74) is 1.67. The number of hydrogen-bond acceptors (Lipinski definition) is 4. The lowest BCUT2D eigenvalue weighted by Crippen LogP contribution is -2.42. The maximum atomic E-state index is 14.8.